The lowest BCUT2D eigenvalue weighted by Crippen LogP contribution is -2.33. The number of aliphatic carboxylic acids is 1. The zero-order valence-corrected chi connectivity index (χ0v) is 26.3. The van der Waals surface area contributed by atoms with Crippen LogP contribution in [0.4, 0.5) is 4.39 Å². The minimum Gasteiger partial charge on any atom is -0.481 e. The second kappa shape index (κ2) is 14.1. The monoisotopic (exact) mass is 576 g/mol. The maximum Gasteiger partial charge on any atom is 0.303 e. The molecule has 0 spiro atoms. The standard InChI is InChI=1S/C35H45FN2O4/c1-21(2)14-30(38-20-26(12-13-37(7)8)15-25(6)35(38)42)31(39)18-27(19-32(40)41)29-17-28(16-24(5)34(29)36)33-22(3)10-9-11-23(33)4/h9-11,15-17,20-21,27,30H,12-14,18-19H2,1-8H3,(H,40,41)/t27-,30?/m0/s1. The Hall–Kier alpha value is -3.58. The first kappa shape index (κ1) is 32.9. The molecule has 0 amide bonds. The molecule has 7 heteroatoms. The molecule has 1 aromatic heterocycles. The summed E-state index contributed by atoms with van der Waals surface area (Å²) < 4.78 is 17.3. The molecule has 226 valence electrons. The van der Waals surface area contributed by atoms with Gasteiger partial charge in [0.15, 0.2) is 5.78 Å². The minimum atomic E-state index is -1.11. The molecular formula is C35H45FN2O4. The number of likely N-dealkylation sites (N-methyl/N-ethyl adjacent to an activating group) is 1. The number of ketones is 1. The molecule has 0 saturated carbocycles. The molecular weight excluding hydrogens is 531 g/mol. The van der Waals surface area contributed by atoms with Crippen molar-refractivity contribution in [3.63, 3.8) is 0 Å². The van der Waals surface area contributed by atoms with E-state index in [1.807, 2.05) is 66.1 Å². The fourth-order valence-corrected chi connectivity index (χ4v) is 5.78. The lowest BCUT2D eigenvalue weighted by molar-refractivity contribution is -0.137. The number of rotatable bonds is 13. The van der Waals surface area contributed by atoms with Crippen LogP contribution in [0.1, 0.15) is 78.5 Å². The predicted molar refractivity (Wildman–Crippen MR) is 167 cm³/mol. The number of carboxylic acid groups (broad SMARTS) is 1. The van der Waals surface area contributed by atoms with Crippen LogP contribution in [-0.4, -0.2) is 47.0 Å². The number of pyridine rings is 1. The van der Waals surface area contributed by atoms with Gasteiger partial charge in [-0.25, -0.2) is 4.39 Å². The van der Waals surface area contributed by atoms with Gasteiger partial charge in [0.05, 0.1) is 12.5 Å². The number of hydrogen-bond donors (Lipinski definition) is 1. The third-order valence-electron chi connectivity index (χ3n) is 7.89. The first-order valence-corrected chi connectivity index (χ1v) is 14.7. The van der Waals surface area contributed by atoms with Crippen LogP contribution in [0.3, 0.4) is 0 Å². The average Bonchev–Trinajstić information content (AvgIpc) is 2.89. The van der Waals surface area contributed by atoms with Crippen molar-refractivity contribution in [2.75, 3.05) is 20.6 Å². The quantitative estimate of drug-likeness (QED) is 0.242. The Labute approximate surface area is 249 Å². The molecule has 0 bridgehead atoms. The van der Waals surface area contributed by atoms with Crippen molar-refractivity contribution < 1.29 is 19.1 Å². The van der Waals surface area contributed by atoms with Gasteiger partial charge in [-0.15, -0.1) is 0 Å². The van der Waals surface area contributed by atoms with E-state index in [9.17, 15) is 19.5 Å². The highest BCUT2D eigenvalue weighted by Gasteiger charge is 2.30. The number of carboxylic acids is 1. The summed E-state index contributed by atoms with van der Waals surface area (Å²) in [6, 6.07) is 10.5. The third-order valence-corrected chi connectivity index (χ3v) is 7.89. The van der Waals surface area contributed by atoms with E-state index < -0.39 is 30.2 Å². The molecule has 42 heavy (non-hydrogen) atoms. The first-order valence-electron chi connectivity index (χ1n) is 14.7. The normalized spacial score (nSPS) is 13.0. The van der Waals surface area contributed by atoms with Crippen LogP contribution in [0.5, 0.6) is 0 Å². The van der Waals surface area contributed by atoms with Gasteiger partial charge in [-0.3, -0.25) is 14.4 Å². The molecule has 0 radical (unpaired) electrons. The highest BCUT2D eigenvalue weighted by atomic mass is 19.1. The van der Waals surface area contributed by atoms with Crippen molar-refractivity contribution >= 4 is 11.8 Å². The molecule has 1 N–H and O–H groups in total. The number of hydrogen-bond acceptors (Lipinski definition) is 4. The van der Waals surface area contributed by atoms with Crippen molar-refractivity contribution in [1.29, 1.82) is 0 Å². The Balaban J connectivity index is 2.10. The lowest BCUT2D eigenvalue weighted by atomic mass is 9.84. The maximum absolute atomic E-state index is 15.7. The van der Waals surface area contributed by atoms with Gasteiger partial charge in [0.25, 0.3) is 5.56 Å². The van der Waals surface area contributed by atoms with Crippen LogP contribution in [0.2, 0.25) is 0 Å². The molecule has 0 aliphatic rings. The number of halogens is 1. The molecule has 2 atom stereocenters. The van der Waals surface area contributed by atoms with Crippen molar-refractivity contribution in [3.05, 3.63) is 92.1 Å². The van der Waals surface area contributed by atoms with E-state index in [0.29, 0.717) is 24.0 Å². The summed E-state index contributed by atoms with van der Waals surface area (Å²) in [5.74, 6) is -2.66. The van der Waals surface area contributed by atoms with Gasteiger partial charge in [0, 0.05) is 30.6 Å². The Bertz CT molecular complexity index is 1490. The van der Waals surface area contributed by atoms with Crippen LogP contribution in [0.15, 0.2) is 47.4 Å². The Morgan fingerprint density at radius 3 is 2.17 bits per heavy atom. The molecule has 6 nitrogen and oxygen atoms in total. The number of Topliss-reactive ketones (excluding diaryl/α,β-unsaturated/α-hetero) is 1. The number of carbonyl (C=O) groups is 2. The molecule has 1 heterocycles. The topological polar surface area (TPSA) is 79.6 Å². The summed E-state index contributed by atoms with van der Waals surface area (Å²) >= 11 is 0. The van der Waals surface area contributed by atoms with Gasteiger partial charge in [-0.2, -0.15) is 0 Å². The Morgan fingerprint density at radius 1 is 0.952 bits per heavy atom. The molecule has 1 unspecified atom stereocenters. The van der Waals surface area contributed by atoms with Crippen molar-refractivity contribution in [1.82, 2.24) is 9.47 Å². The first-order chi connectivity index (χ1) is 19.7. The van der Waals surface area contributed by atoms with E-state index in [1.54, 1.807) is 32.2 Å². The summed E-state index contributed by atoms with van der Waals surface area (Å²) in [5, 5.41) is 9.82. The third kappa shape index (κ3) is 8.03. The van der Waals surface area contributed by atoms with Crippen LogP contribution in [-0.2, 0) is 16.0 Å². The summed E-state index contributed by atoms with van der Waals surface area (Å²) in [5.41, 5.74) is 5.69. The van der Waals surface area contributed by atoms with E-state index in [0.717, 1.165) is 34.4 Å². The predicted octanol–water partition coefficient (Wildman–Crippen LogP) is 6.80. The van der Waals surface area contributed by atoms with Gasteiger partial charge in [-0.1, -0.05) is 32.0 Å². The number of aryl methyl sites for hydroxylation is 4. The molecule has 3 rings (SSSR count). The van der Waals surface area contributed by atoms with Gasteiger partial charge in [0.1, 0.15) is 5.82 Å². The second-order valence-electron chi connectivity index (χ2n) is 12.4. The molecule has 0 saturated heterocycles. The zero-order valence-electron chi connectivity index (χ0n) is 26.3. The average molecular weight is 577 g/mol. The number of aromatic nitrogens is 1. The second-order valence-corrected chi connectivity index (χ2v) is 12.4. The van der Waals surface area contributed by atoms with E-state index in [2.05, 4.69) is 4.90 Å². The number of carbonyl (C=O) groups excluding carboxylic acids is 1. The number of benzene rings is 2. The van der Waals surface area contributed by atoms with Crippen LogP contribution < -0.4 is 5.56 Å². The summed E-state index contributed by atoms with van der Waals surface area (Å²) in [7, 11) is 3.96. The lowest BCUT2D eigenvalue weighted by Gasteiger charge is -2.25. The van der Waals surface area contributed by atoms with Gasteiger partial charge in [0.2, 0.25) is 0 Å². The van der Waals surface area contributed by atoms with Crippen LogP contribution in [0.25, 0.3) is 11.1 Å². The van der Waals surface area contributed by atoms with Gasteiger partial charge in [-0.05, 0) is 118 Å². The molecule has 2 aromatic carbocycles. The largest absolute Gasteiger partial charge is 0.481 e. The van der Waals surface area contributed by atoms with Crippen molar-refractivity contribution in [2.45, 2.75) is 79.2 Å². The Morgan fingerprint density at radius 2 is 1.60 bits per heavy atom. The molecule has 3 aromatic rings. The summed E-state index contributed by atoms with van der Waals surface area (Å²) in [6.07, 6.45) is 2.31. The Kier molecular flexibility index (Phi) is 11.0. The maximum atomic E-state index is 15.7. The van der Waals surface area contributed by atoms with E-state index >= 15 is 4.39 Å². The van der Waals surface area contributed by atoms with Crippen molar-refractivity contribution in [3.8, 4) is 11.1 Å². The summed E-state index contributed by atoms with van der Waals surface area (Å²) in [4.78, 5) is 41.5. The number of nitrogens with zero attached hydrogens (tertiary/aromatic N) is 2. The zero-order chi connectivity index (χ0) is 31.3. The molecule has 0 aliphatic carbocycles. The van der Waals surface area contributed by atoms with Gasteiger partial charge >= 0.3 is 5.97 Å². The van der Waals surface area contributed by atoms with E-state index in [1.165, 1.54) is 4.57 Å². The summed E-state index contributed by atoms with van der Waals surface area (Å²) in [6.45, 7) is 12.2. The fourth-order valence-electron chi connectivity index (χ4n) is 5.78. The van der Waals surface area contributed by atoms with Gasteiger partial charge < -0.3 is 14.6 Å². The highest BCUT2D eigenvalue weighted by molar-refractivity contribution is 5.84. The van der Waals surface area contributed by atoms with E-state index in [4.69, 9.17) is 0 Å². The smallest absolute Gasteiger partial charge is 0.303 e. The van der Waals surface area contributed by atoms with E-state index in [-0.39, 0.29) is 29.2 Å². The fraction of sp³-hybridized carbons (Fsp3) is 0.457. The molecule has 0 aliphatic heterocycles. The van der Waals surface area contributed by atoms with Crippen LogP contribution >= 0.6 is 0 Å². The SMILES string of the molecule is Cc1cc(-c2c(C)cccc2C)cc([C@H](CC(=O)O)CC(=O)C(CC(C)C)n2cc(CCN(C)C)cc(C)c2=O)c1F. The minimum absolute atomic E-state index is 0.0980. The van der Waals surface area contributed by atoms with Crippen molar-refractivity contribution in [2.24, 2.45) is 5.92 Å². The highest BCUT2D eigenvalue weighted by Crippen LogP contribution is 2.36. The molecule has 0 fully saturated rings. The van der Waals surface area contributed by atoms with Crippen LogP contribution in [0, 0.1) is 39.4 Å².